The first-order valence-electron chi connectivity index (χ1n) is 4.42. The van der Waals surface area contributed by atoms with Gasteiger partial charge < -0.3 is 0 Å². The molecule has 62 valence electrons. The molecule has 0 aromatic carbocycles. The van der Waals surface area contributed by atoms with Gasteiger partial charge in [0.1, 0.15) is 0 Å². The minimum absolute atomic E-state index is 1.07. The molecule has 0 spiro atoms. The molecule has 0 amide bonds. The summed E-state index contributed by atoms with van der Waals surface area (Å²) in [5, 5.41) is 0. The van der Waals surface area contributed by atoms with Gasteiger partial charge >= 0.3 is 0 Å². The van der Waals surface area contributed by atoms with Gasteiger partial charge in [-0.1, -0.05) is 26.7 Å². The summed E-state index contributed by atoms with van der Waals surface area (Å²) in [6.45, 7) is 4.00. The Labute approximate surface area is 69.8 Å². The molecule has 1 heteroatoms. The van der Waals surface area contributed by atoms with E-state index in [1.165, 1.54) is 31.4 Å². The van der Waals surface area contributed by atoms with Crippen LogP contribution in [0.2, 0.25) is 0 Å². The Bertz CT molecular complexity index is 55.7. The second-order valence-corrected chi connectivity index (χ2v) is 3.52. The van der Waals surface area contributed by atoms with E-state index >= 15 is 0 Å². The number of rotatable bonds is 2. The Kier molecular flexibility index (Phi) is 7.72. The fourth-order valence-corrected chi connectivity index (χ4v) is 2.22. The van der Waals surface area contributed by atoms with E-state index in [-0.39, 0.29) is 0 Å². The minimum atomic E-state index is 1.07. The van der Waals surface area contributed by atoms with Crippen LogP contribution in [-0.4, -0.2) is 12.0 Å². The zero-order valence-corrected chi connectivity index (χ0v) is 8.34. The lowest BCUT2D eigenvalue weighted by Crippen LogP contribution is -1.94. The lowest BCUT2D eigenvalue weighted by Gasteiger charge is -2.03. The Hall–Kier alpha value is 0.350. The normalized spacial score (nSPS) is 18.3. The Morgan fingerprint density at radius 2 is 1.70 bits per heavy atom. The highest BCUT2D eigenvalue weighted by atomic mass is 32.2. The van der Waals surface area contributed by atoms with Crippen molar-refractivity contribution in [3.63, 3.8) is 0 Å². The van der Waals surface area contributed by atoms with Crippen LogP contribution in [0.3, 0.4) is 0 Å². The monoisotopic (exact) mass is 160 g/mol. The van der Waals surface area contributed by atoms with Gasteiger partial charge in [0.25, 0.3) is 0 Å². The lowest BCUT2D eigenvalue weighted by molar-refractivity contribution is 0.624. The van der Waals surface area contributed by atoms with E-state index in [2.05, 4.69) is 6.26 Å². The summed E-state index contributed by atoms with van der Waals surface area (Å²) >= 11 is 2.00. The van der Waals surface area contributed by atoms with Gasteiger partial charge in [-0.3, -0.25) is 0 Å². The average Bonchev–Trinajstić information content (AvgIpc) is 2.46. The first-order valence-corrected chi connectivity index (χ1v) is 5.82. The quantitative estimate of drug-likeness (QED) is 0.595. The third kappa shape index (κ3) is 4.21. The smallest absolute Gasteiger partial charge is 0.00419 e. The van der Waals surface area contributed by atoms with E-state index in [0.29, 0.717) is 0 Å². The third-order valence-electron chi connectivity index (χ3n) is 1.88. The van der Waals surface area contributed by atoms with Gasteiger partial charge in [0.2, 0.25) is 0 Å². The van der Waals surface area contributed by atoms with Gasteiger partial charge in [-0.25, -0.2) is 0 Å². The summed E-state index contributed by atoms with van der Waals surface area (Å²) < 4.78 is 0. The molecule has 1 rings (SSSR count). The summed E-state index contributed by atoms with van der Waals surface area (Å²) in [6, 6.07) is 0. The molecular formula is C9H20S. The van der Waals surface area contributed by atoms with Crippen molar-refractivity contribution in [3.05, 3.63) is 0 Å². The first-order chi connectivity index (χ1) is 4.93. The molecule has 0 aliphatic heterocycles. The largest absolute Gasteiger partial charge is 0.165 e. The van der Waals surface area contributed by atoms with Gasteiger partial charge in [0.05, 0.1) is 0 Å². The summed E-state index contributed by atoms with van der Waals surface area (Å²) in [5.41, 5.74) is 0. The molecule has 0 atom stereocenters. The highest BCUT2D eigenvalue weighted by Gasteiger charge is 2.12. The van der Waals surface area contributed by atoms with Crippen LogP contribution in [0.25, 0.3) is 0 Å². The van der Waals surface area contributed by atoms with E-state index in [1.807, 2.05) is 25.6 Å². The van der Waals surface area contributed by atoms with Crippen LogP contribution in [0.5, 0.6) is 0 Å². The van der Waals surface area contributed by atoms with Gasteiger partial charge in [-0.05, 0) is 30.8 Å². The highest BCUT2D eigenvalue weighted by molar-refractivity contribution is 7.98. The molecule has 0 saturated heterocycles. The molecule has 0 aromatic rings. The molecule has 0 heterocycles. The van der Waals surface area contributed by atoms with Gasteiger partial charge in [-0.2, -0.15) is 11.8 Å². The van der Waals surface area contributed by atoms with Crippen molar-refractivity contribution >= 4 is 11.8 Å². The molecule has 0 unspecified atom stereocenters. The molecule has 10 heavy (non-hydrogen) atoms. The summed E-state index contributed by atoms with van der Waals surface area (Å²) in [4.78, 5) is 0. The lowest BCUT2D eigenvalue weighted by atomic mass is 10.1. The summed E-state index contributed by atoms with van der Waals surface area (Å²) in [6.07, 6.45) is 8.19. The maximum absolute atomic E-state index is 2.21. The van der Waals surface area contributed by atoms with Crippen molar-refractivity contribution in [2.24, 2.45) is 5.92 Å². The van der Waals surface area contributed by atoms with Crippen LogP contribution in [0.15, 0.2) is 0 Å². The molecule has 1 aliphatic rings. The van der Waals surface area contributed by atoms with E-state index in [4.69, 9.17) is 0 Å². The van der Waals surface area contributed by atoms with Crippen LogP contribution < -0.4 is 0 Å². The van der Waals surface area contributed by atoms with Crippen LogP contribution in [0, 0.1) is 5.92 Å². The molecular weight excluding hydrogens is 140 g/mol. The average molecular weight is 160 g/mol. The third-order valence-corrected chi connectivity index (χ3v) is 2.68. The molecule has 0 N–H and O–H groups in total. The topological polar surface area (TPSA) is 0 Å². The van der Waals surface area contributed by atoms with E-state index in [9.17, 15) is 0 Å². The van der Waals surface area contributed by atoms with Crippen LogP contribution >= 0.6 is 11.8 Å². The van der Waals surface area contributed by atoms with E-state index in [1.54, 1.807) is 0 Å². The van der Waals surface area contributed by atoms with Crippen molar-refractivity contribution < 1.29 is 0 Å². The van der Waals surface area contributed by atoms with Gasteiger partial charge in [0.15, 0.2) is 0 Å². The molecule has 0 nitrogen and oxygen atoms in total. The van der Waals surface area contributed by atoms with Crippen LogP contribution in [0.1, 0.15) is 39.5 Å². The fourth-order valence-electron chi connectivity index (χ4n) is 1.41. The zero-order valence-electron chi connectivity index (χ0n) is 7.52. The van der Waals surface area contributed by atoms with Crippen molar-refractivity contribution in [2.45, 2.75) is 39.5 Å². The molecule has 0 bridgehead atoms. The Morgan fingerprint density at radius 3 is 2.10 bits per heavy atom. The first kappa shape index (κ1) is 10.3. The second kappa shape index (κ2) is 7.46. The highest BCUT2D eigenvalue weighted by Crippen LogP contribution is 2.26. The number of thioether (sulfide) groups is 1. The fraction of sp³-hybridized carbons (Fsp3) is 1.00. The molecule has 0 radical (unpaired) electrons. The Morgan fingerprint density at radius 1 is 1.20 bits per heavy atom. The SMILES string of the molecule is CC.CSCC1CCCC1. The van der Waals surface area contributed by atoms with Gasteiger partial charge in [-0.15, -0.1) is 0 Å². The zero-order chi connectivity index (χ0) is 7.82. The summed E-state index contributed by atoms with van der Waals surface area (Å²) in [5.74, 6) is 2.48. The van der Waals surface area contributed by atoms with E-state index < -0.39 is 0 Å². The molecule has 1 fully saturated rings. The van der Waals surface area contributed by atoms with Crippen molar-refractivity contribution in [1.29, 1.82) is 0 Å². The van der Waals surface area contributed by atoms with Crippen LogP contribution in [0.4, 0.5) is 0 Å². The second-order valence-electron chi connectivity index (χ2n) is 2.61. The predicted octanol–water partition coefficient (Wildman–Crippen LogP) is 3.57. The standard InChI is InChI=1S/C7H14S.C2H6/c1-8-6-7-4-2-3-5-7;1-2/h7H,2-6H2,1H3;1-2H3. The van der Waals surface area contributed by atoms with Crippen molar-refractivity contribution in [1.82, 2.24) is 0 Å². The maximum Gasteiger partial charge on any atom is -0.00419 e. The summed E-state index contributed by atoms with van der Waals surface area (Å²) in [7, 11) is 0. The van der Waals surface area contributed by atoms with Gasteiger partial charge in [0, 0.05) is 0 Å². The predicted molar refractivity (Wildman–Crippen MR) is 51.7 cm³/mol. The minimum Gasteiger partial charge on any atom is -0.165 e. The van der Waals surface area contributed by atoms with Crippen LogP contribution in [-0.2, 0) is 0 Å². The van der Waals surface area contributed by atoms with Crippen molar-refractivity contribution in [2.75, 3.05) is 12.0 Å². The van der Waals surface area contributed by atoms with E-state index in [0.717, 1.165) is 5.92 Å². The Balaban J connectivity index is 0.000000371. The molecule has 0 aromatic heterocycles. The molecule has 1 aliphatic carbocycles. The number of hydrogen-bond acceptors (Lipinski definition) is 1. The maximum atomic E-state index is 2.21. The molecule has 1 saturated carbocycles. The van der Waals surface area contributed by atoms with Crippen molar-refractivity contribution in [3.8, 4) is 0 Å². The number of hydrogen-bond donors (Lipinski definition) is 0.